The maximum absolute atomic E-state index is 12.0. The van der Waals surface area contributed by atoms with Crippen LogP contribution in [0.4, 0.5) is 4.79 Å². The molecule has 0 aromatic rings. The van der Waals surface area contributed by atoms with Crippen LogP contribution in [0.2, 0.25) is 0 Å². The second-order valence-electron chi connectivity index (χ2n) is 5.34. The predicted molar refractivity (Wildman–Crippen MR) is 66.9 cm³/mol. The van der Waals surface area contributed by atoms with Crippen molar-refractivity contribution in [2.24, 2.45) is 5.92 Å². The average Bonchev–Trinajstić information content (AvgIpc) is 2.34. The first-order chi connectivity index (χ1) is 8.80. The standard InChI is InChI=1S/C13H19NO5/c1-13(2,3)19-12(17)14-7-5-6-9(10(14)8-15)11(16)18-4/h9H,5-7H2,1-4H3. The van der Waals surface area contributed by atoms with E-state index in [1.807, 2.05) is 0 Å². The quantitative estimate of drug-likeness (QED) is 0.533. The van der Waals surface area contributed by atoms with Crippen LogP contribution >= 0.6 is 0 Å². The molecule has 0 aromatic carbocycles. The van der Waals surface area contributed by atoms with Gasteiger partial charge in [-0.1, -0.05) is 0 Å². The minimum absolute atomic E-state index is 0.00708. The molecule has 0 N–H and O–H groups in total. The maximum atomic E-state index is 12.0. The second-order valence-corrected chi connectivity index (χ2v) is 5.34. The number of hydrogen-bond donors (Lipinski definition) is 0. The summed E-state index contributed by atoms with van der Waals surface area (Å²) in [6, 6.07) is 0. The predicted octanol–water partition coefficient (Wildman–Crippen LogP) is 1.52. The fourth-order valence-electron chi connectivity index (χ4n) is 1.90. The van der Waals surface area contributed by atoms with Gasteiger partial charge in [0.05, 0.1) is 7.11 Å². The minimum atomic E-state index is -0.747. The van der Waals surface area contributed by atoms with Crippen LogP contribution < -0.4 is 0 Å². The molecule has 0 aromatic heterocycles. The summed E-state index contributed by atoms with van der Waals surface area (Å²) in [7, 11) is 1.25. The molecule has 1 heterocycles. The molecule has 1 rings (SSSR count). The van der Waals surface area contributed by atoms with Crippen LogP contribution in [0.15, 0.2) is 5.70 Å². The van der Waals surface area contributed by atoms with Crippen molar-refractivity contribution in [3.63, 3.8) is 0 Å². The fraction of sp³-hybridized carbons (Fsp3) is 0.692. The highest BCUT2D eigenvalue weighted by Crippen LogP contribution is 2.27. The third-order valence-electron chi connectivity index (χ3n) is 2.70. The number of nitrogens with zero attached hydrogens (tertiary/aromatic N) is 1. The lowest BCUT2D eigenvalue weighted by molar-refractivity contribution is -0.145. The van der Waals surface area contributed by atoms with Crippen LogP contribution in [0.3, 0.4) is 0 Å². The molecule has 1 saturated heterocycles. The monoisotopic (exact) mass is 269 g/mol. The molecule has 6 nitrogen and oxygen atoms in total. The third-order valence-corrected chi connectivity index (χ3v) is 2.70. The molecule has 1 fully saturated rings. The van der Waals surface area contributed by atoms with Crippen LogP contribution in [0.1, 0.15) is 33.6 Å². The van der Waals surface area contributed by atoms with E-state index in [1.165, 1.54) is 12.0 Å². The highest BCUT2D eigenvalue weighted by Gasteiger charge is 2.37. The zero-order chi connectivity index (χ0) is 14.6. The Morgan fingerprint density at radius 2 is 2.00 bits per heavy atom. The Hall–Kier alpha value is -1.81. The molecule has 1 aliphatic heterocycles. The van der Waals surface area contributed by atoms with Gasteiger partial charge in [0.15, 0.2) is 0 Å². The van der Waals surface area contributed by atoms with Gasteiger partial charge in [0.25, 0.3) is 0 Å². The molecule has 1 atom stereocenters. The summed E-state index contributed by atoms with van der Waals surface area (Å²) in [5, 5.41) is 0. The van der Waals surface area contributed by atoms with Gasteiger partial charge in [0.1, 0.15) is 23.2 Å². The molecule has 6 heteroatoms. The number of hydrogen-bond acceptors (Lipinski definition) is 5. The summed E-state index contributed by atoms with van der Waals surface area (Å²) < 4.78 is 9.84. The molecule has 1 amide bonds. The highest BCUT2D eigenvalue weighted by atomic mass is 16.6. The number of esters is 1. The Balaban J connectivity index is 2.92. The average molecular weight is 269 g/mol. The lowest BCUT2D eigenvalue weighted by atomic mass is 9.95. The number of likely N-dealkylation sites (tertiary alicyclic amines) is 1. The van der Waals surface area contributed by atoms with Gasteiger partial charge in [0, 0.05) is 6.54 Å². The van der Waals surface area contributed by atoms with Crippen molar-refractivity contribution in [1.82, 2.24) is 4.90 Å². The SMILES string of the molecule is COC(=O)C1CCCN(C(=O)OC(C)(C)C)C1=C=O. The number of carbonyl (C=O) groups is 2. The Labute approximate surface area is 112 Å². The second kappa shape index (κ2) is 5.89. The molecular weight excluding hydrogens is 250 g/mol. The Morgan fingerprint density at radius 3 is 2.47 bits per heavy atom. The minimum Gasteiger partial charge on any atom is -0.468 e. The largest absolute Gasteiger partial charge is 0.468 e. The van der Waals surface area contributed by atoms with Crippen LogP contribution in [0, 0.1) is 5.92 Å². The van der Waals surface area contributed by atoms with Crippen molar-refractivity contribution in [3.8, 4) is 0 Å². The van der Waals surface area contributed by atoms with Crippen molar-refractivity contribution in [1.29, 1.82) is 0 Å². The number of piperidine rings is 1. The summed E-state index contributed by atoms with van der Waals surface area (Å²) in [6.07, 6.45) is 0.431. The van der Waals surface area contributed by atoms with E-state index >= 15 is 0 Å². The van der Waals surface area contributed by atoms with Gasteiger partial charge in [-0.05, 0) is 33.6 Å². The third kappa shape index (κ3) is 3.83. The Morgan fingerprint density at radius 1 is 1.37 bits per heavy atom. The number of carbonyl (C=O) groups excluding carboxylic acids is 3. The number of amides is 1. The van der Waals surface area contributed by atoms with Gasteiger partial charge in [-0.15, -0.1) is 0 Å². The fourth-order valence-corrected chi connectivity index (χ4v) is 1.90. The van der Waals surface area contributed by atoms with Gasteiger partial charge < -0.3 is 9.47 Å². The molecular formula is C13H19NO5. The molecule has 19 heavy (non-hydrogen) atoms. The van der Waals surface area contributed by atoms with Gasteiger partial charge in [-0.25, -0.2) is 9.59 Å². The Bertz CT molecular complexity index is 417. The van der Waals surface area contributed by atoms with E-state index in [4.69, 9.17) is 4.74 Å². The zero-order valence-corrected chi connectivity index (χ0v) is 11.7. The first-order valence-corrected chi connectivity index (χ1v) is 6.13. The highest BCUT2D eigenvalue weighted by molar-refractivity contribution is 5.83. The van der Waals surface area contributed by atoms with E-state index in [2.05, 4.69) is 4.74 Å². The van der Waals surface area contributed by atoms with E-state index in [9.17, 15) is 14.4 Å². The first kappa shape index (κ1) is 15.2. The molecule has 0 radical (unpaired) electrons. The van der Waals surface area contributed by atoms with E-state index in [1.54, 1.807) is 26.7 Å². The van der Waals surface area contributed by atoms with Gasteiger partial charge in [-0.3, -0.25) is 9.69 Å². The van der Waals surface area contributed by atoms with Gasteiger partial charge in [-0.2, -0.15) is 0 Å². The first-order valence-electron chi connectivity index (χ1n) is 6.13. The smallest absolute Gasteiger partial charge is 0.415 e. The molecule has 0 bridgehead atoms. The molecule has 0 saturated carbocycles. The van der Waals surface area contributed by atoms with Gasteiger partial charge >= 0.3 is 12.1 Å². The summed E-state index contributed by atoms with van der Waals surface area (Å²) >= 11 is 0. The maximum Gasteiger partial charge on any atom is 0.415 e. The summed E-state index contributed by atoms with van der Waals surface area (Å²) in [5.74, 6) is 0.395. The van der Waals surface area contributed by atoms with Crippen LogP contribution in [-0.4, -0.2) is 42.2 Å². The normalized spacial score (nSPS) is 19.7. The zero-order valence-electron chi connectivity index (χ0n) is 11.7. The van der Waals surface area contributed by atoms with E-state index in [-0.39, 0.29) is 5.70 Å². The summed E-state index contributed by atoms with van der Waals surface area (Å²) in [6.45, 7) is 5.54. The van der Waals surface area contributed by atoms with Crippen molar-refractivity contribution < 1.29 is 23.9 Å². The van der Waals surface area contributed by atoms with Crippen molar-refractivity contribution in [2.75, 3.05) is 13.7 Å². The van der Waals surface area contributed by atoms with Gasteiger partial charge in [0.2, 0.25) is 0 Å². The summed E-state index contributed by atoms with van der Waals surface area (Å²) in [4.78, 5) is 35.8. The molecule has 106 valence electrons. The van der Waals surface area contributed by atoms with E-state index in [0.717, 1.165) is 0 Å². The van der Waals surface area contributed by atoms with E-state index in [0.29, 0.717) is 19.4 Å². The van der Waals surface area contributed by atoms with Crippen LogP contribution in [0.5, 0.6) is 0 Å². The summed E-state index contributed by atoms with van der Waals surface area (Å²) in [5.41, 5.74) is -0.670. The molecule has 1 aliphatic rings. The number of rotatable bonds is 1. The van der Waals surface area contributed by atoms with Crippen molar-refractivity contribution in [3.05, 3.63) is 5.70 Å². The van der Waals surface area contributed by atoms with Crippen LogP contribution in [0.25, 0.3) is 0 Å². The number of methoxy groups -OCH3 is 1. The number of ether oxygens (including phenoxy) is 2. The lowest BCUT2D eigenvalue weighted by Crippen LogP contribution is -2.43. The van der Waals surface area contributed by atoms with Crippen LogP contribution in [-0.2, 0) is 19.1 Å². The van der Waals surface area contributed by atoms with E-state index < -0.39 is 23.6 Å². The molecule has 0 aliphatic carbocycles. The molecule has 1 unspecified atom stereocenters. The Kier molecular flexibility index (Phi) is 4.72. The van der Waals surface area contributed by atoms with Crippen molar-refractivity contribution >= 4 is 18.0 Å². The molecule has 0 spiro atoms. The topological polar surface area (TPSA) is 72.9 Å². The van der Waals surface area contributed by atoms with Crippen molar-refractivity contribution in [2.45, 2.75) is 39.2 Å². The lowest BCUT2D eigenvalue weighted by Gasteiger charge is -2.33.